The molecule has 1 saturated heterocycles. The molecule has 4 rings (SSSR count). The largest absolute Gasteiger partial charge is 0.496 e. The fourth-order valence-electron chi connectivity index (χ4n) is 4.05. The number of aryl methyl sites for hydroxylation is 1. The van der Waals surface area contributed by atoms with Crippen molar-refractivity contribution in [3.63, 3.8) is 0 Å². The molecule has 2 heterocycles. The van der Waals surface area contributed by atoms with E-state index in [1.165, 1.54) is 16.9 Å². The lowest BCUT2D eigenvalue weighted by Crippen LogP contribution is -2.38. The first-order chi connectivity index (χ1) is 15.1. The molecule has 1 aliphatic heterocycles. The molecule has 1 atom stereocenters. The van der Waals surface area contributed by atoms with E-state index in [-0.39, 0.29) is 25.2 Å². The number of thiophene rings is 1. The van der Waals surface area contributed by atoms with E-state index in [1.54, 1.807) is 7.11 Å². The van der Waals surface area contributed by atoms with Crippen molar-refractivity contribution < 1.29 is 19.4 Å². The smallest absolute Gasteiger partial charge is 0.261 e. The molecule has 6 nitrogen and oxygen atoms in total. The van der Waals surface area contributed by atoms with Gasteiger partial charge in [-0.1, -0.05) is 30.3 Å². The third-order valence-electron chi connectivity index (χ3n) is 5.55. The first-order valence-electron chi connectivity index (χ1n) is 10.5. The van der Waals surface area contributed by atoms with Crippen LogP contribution in [0, 0.1) is 6.92 Å². The molecular weight excluding hydrogens is 412 g/mol. The van der Waals surface area contributed by atoms with Gasteiger partial charge in [0.05, 0.1) is 31.3 Å². The highest BCUT2D eigenvalue weighted by molar-refractivity contribution is 7.21. The molecule has 164 valence electrons. The number of aliphatic hydroxyl groups excluding tert-OH is 1. The van der Waals surface area contributed by atoms with Crippen LogP contribution in [0.3, 0.4) is 0 Å². The number of nitrogens with one attached hydrogen (secondary N) is 1. The number of hydrogen-bond acceptors (Lipinski definition) is 6. The number of nitrogens with zero attached hydrogens (tertiary/aromatic N) is 1. The SMILES string of the molecule is COc1cc(C)ccc1CN1CCO[C@H](c2c(C(=O)NCCO)sc3ccccc23)C1. The van der Waals surface area contributed by atoms with Crippen molar-refractivity contribution in [2.24, 2.45) is 0 Å². The van der Waals surface area contributed by atoms with Crippen LogP contribution >= 0.6 is 11.3 Å². The van der Waals surface area contributed by atoms with Gasteiger partial charge >= 0.3 is 0 Å². The minimum absolute atomic E-state index is 0.0853. The summed E-state index contributed by atoms with van der Waals surface area (Å²) in [7, 11) is 1.70. The molecule has 2 aromatic carbocycles. The molecule has 1 amide bonds. The minimum atomic E-state index is -0.198. The van der Waals surface area contributed by atoms with Gasteiger partial charge < -0.3 is 19.9 Å². The quantitative estimate of drug-likeness (QED) is 0.588. The van der Waals surface area contributed by atoms with Gasteiger partial charge in [-0.3, -0.25) is 9.69 Å². The number of hydrogen-bond donors (Lipinski definition) is 2. The van der Waals surface area contributed by atoms with E-state index in [9.17, 15) is 4.79 Å². The maximum Gasteiger partial charge on any atom is 0.261 e. The van der Waals surface area contributed by atoms with Crippen LogP contribution in [0.25, 0.3) is 10.1 Å². The summed E-state index contributed by atoms with van der Waals surface area (Å²) in [6.45, 7) is 5.08. The van der Waals surface area contributed by atoms with Gasteiger partial charge in [-0.25, -0.2) is 0 Å². The number of rotatable bonds is 7. The fourth-order valence-corrected chi connectivity index (χ4v) is 5.22. The normalized spacial score (nSPS) is 17.1. The Morgan fingerprint density at radius 2 is 2.16 bits per heavy atom. The number of fused-ring (bicyclic) bond motifs is 1. The number of carbonyl (C=O) groups excluding carboxylic acids is 1. The van der Waals surface area contributed by atoms with Gasteiger partial charge in [-0.15, -0.1) is 11.3 Å². The highest BCUT2D eigenvalue weighted by Crippen LogP contribution is 2.38. The molecule has 31 heavy (non-hydrogen) atoms. The Hall–Kier alpha value is -2.45. The molecule has 0 spiro atoms. The zero-order valence-electron chi connectivity index (χ0n) is 17.9. The summed E-state index contributed by atoms with van der Waals surface area (Å²) >= 11 is 1.48. The summed E-state index contributed by atoms with van der Waals surface area (Å²) < 4.78 is 12.8. The zero-order valence-corrected chi connectivity index (χ0v) is 18.7. The maximum absolute atomic E-state index is 12.8. The summed E-state index contributed by atoms with van der Waals surface area (Å²) in [6, 6.07) is 14.3. The molecule has 1 aromatic heterocycles. The van der Waals surface area contributed by atoms with E-state index in [0.717, 1.165) is 40.1 Å². The van der Waals surface area contributed by atoms with Crippen molar-refractivity contribution in [1.29, 1.82) is 0 Å². The van der Waals surface area contributed by atoms with E-state index in [1.807, 2.05) is 18.2 Å². The van der Waals surface area contributed by atoms with Gasteiger partial charge in [0.1, 0.15) is 5.75 Å². The van der Waals surface area contributed by atoms with Crippen LogP contribution in [0.2, 0.25) is 0 Å². The molecule has 7 heteroatoms. The molecule has 0 radical (unpaired) electrons. The second kappa shape index (κ2) is 9.78. The third-order valence-corrected chi connectivity index (χ3v) is 6.73. The number of carbonyl (C=O) groups is 1. The number of benzene rings is 2. The molecule has 0 saturated carbocycles. The lowest BCUT2D eigenvalue weighted by molar-refractivity contribution is -0.0324. The van der Waals surface area contributed by atoms with E-state index in [4.69, 9.17) is 14.6 Å². The lowest BCUT2D eigenvalue weighted by Gasteiger charge is -2.33. The van der Waals surface area contributed by atoms with Crippen LogP contribution < -0.4 is 10.1 Å². The first-order valence-corrected chi connectivity index (χ1v) is 11.3. The van der Waals surface area contributed by atoms with E-state index in [2.05, 4.69) is 41.4 Å². The van der Waals surface area contributed by atoms with Crippen molar-refractivity contribution in [2.45, 2.75) is 19.6 Å². The van der Waals surface area contributed by atoms with Gasteiger partial charge in [-0.05, 0) is 30.0 Å². The molecule has 0 bridgehead atoms. The predicted molar refractivity (Wildman–Crippen MR) is 123 cm³/mol. The zero-order chi connectivity index (χ0) is 21.8. The highest BCUT2D eigenvalue weighted by Gasteiger charge is 2.30. The van der Waals surface area contributed by atoms with Crippen molar-refractivity contribution in [2.75, 3.05) is 40.0 Å². The second-order valence-electron chi connectivity index (χ2n) is 7.73. The number of amides is 1. The summed E-state index contributed by atoms with van der Waals surface area (Å²) in [5.74, 6) is 0.735. The van der Waals surface area contributed by atoms with Gasteiger partial charge in [0.25, 0.3) is 5.91 Å². The summed E-state index contributed by atoms with van der Waals surface area (Å²) in [4.78, 5) is 15.8. The minimum Gasteiger partial charge on any atom is -0.496 e. The Morgan fingerprint density at radius 1 is 1.32 bits per heavy atom. The van der Waals surface area contributed by atoms with Crippen LogP contribution in [0.1, 0.15) is 32.5 Å². The molecule has 1 fully saturated rings. The number of morpholine rings is 1. The van der Waals surface area contributed by atoms with Crippen LogP contribution in [0.5, 0.6) is 5.75 Å². The molecule has 2 N–H and O–H groups in total. The van der Waals surface area contributed by atoms with Crippen LogP contribution in [-0.4, -0.2) is 55.9 Å². The molecule has 1 aliphatic rings. The topological polar surface area (TPSA) is 71.0 Å². The standard InChI is InChI=1S/C24H28N2O4S/c1-16-7-8-17(19(13-16)29-2)14-26-10-12-30-20(15-26)22-18-5-3-4-6-21(18)31-23(22)24(28)25-9-11-27/h3-8,13,20,27H,9-12,14-15H2,1-2H3,(H,25,28)/t20-/m0/s1. The maximum atomic E-state index is 12.8. The van der Waals surface area contributed by atoms with Gasteiger partial charge in [-0.2, -0.15) is 0 Å². The van der Waals surface area contributed by atoms with Crippen molar-refractivity contribution in [1.82, 2.24) is 10.2 Å². The Labute approximate surface area is 186 Å². The first kappa shape index (κ1) is 21.8. The number of aliphatic hydroxyl groups is 1. The number of methoxy groups -OCH3 is 1. The number of ether oxygens (including phenoxy) is 2. The molecular formula is C24H28N2O4S. The average molecular weight is 441 g/mol. The molecule has 0 unspecified atom stereocenters. The Kier molecular flexibility index (Phi) is 6.87. The van der Waals surface area contributed by atoms with Gasteiger partial charge in [0.15, 0.2) is 0 Å². The van der Waals surface area contributed by atoms with Crippen molar-refractivity contribution in [3.05, 3.63) is 64.0 Å². The summed E-state index contributed by atoms with van der Waals surface area (Å²) in [5.41, 5.74) is 3.25. The van der Waals surface area contributed by atoms with Gasteiger partial charge in [0.2, 0.25) is 0 Å². The predicted octanol–water partition coefficient (Wildman–Crippen LogP) is 3.51. The van der Waals surface area contributed by atoms with E-state index >= 15 is 0 Å². The van der Waals surface area contributed by atoms with Crippen LogP contribution in [-0.2, 0) is 11.3 Å². The molecule has 0 aliphatic carbocycles. The second-order valence-corrected chi connectivity index (χ2v) is 8.78. The monoisotopic (exact) mass is 440 g/mol. The summed E-state index contributed by atoms with van der Waals surface area (Å²) in [5, 5.41) is 13.0. The molecule has 3 aromatic rings. The van der Waals surface area contributed by atoms with Crippen LogP contribution in [0.4, 0.5) is 0 Å². The van der Waals surface area contributed by atoms with Crippen molar-refractivity contribution in [3.8, 4) is 5.75 Å². The average Bonchev–Trinajstić information content (AvgIpc) is 3.18. The lowest BCUT2D eigenvalue weighted by atomic mass is 10.0. The highest BCUT2D eigenvalue weighted by atomic mass is 32.1. The summed E-state index contributed by atoms with van der Waals surface area (Å²) in [6.07, 6.45) is -0.198. The third kappa shape index (κ3) is 4.75. The Morgan fingerprint density at radius 3 is 2.97 bits per heavy atom. The Balaban J connectivity index is 1.61. The van der Waals surface area contributed by atoms with E-state index in [0.29, 0.717) is 18.0 Å². The van der Waals surface area contributed by atoms with Gasteiger partial charge in [0, 0.05) is 42.0 Å². The van der Waals surface area contributed by atoms with E-state index < -0.39 is 0 Å². The Bertz CT molecular complexity index is 1060. The van der Waals surface area contributed by atoms with Crippen LogP contribution in [0.15, 0.2) is 42.5 Å². The van der Waals surface area contributed by atoms with Crippen molar-refractivity contribution >= 4 is 27.3 Å². The fraction of sp³-hybridized carbons (Fsp3) is 0.375.